The van der Waals surface area contributed by atoms with E-state index in [0.29, 0.717) is 0 Å². The van der Waals surface area contributed by atoms with E-state index in [1.807, 2.05) is 38.1 Å². The van der Waals surface area contributed by atoms with E-state index in [0.717, 1.165) is 17.5 Å². The second-order valence-electron chi connectivity index (χ2n) is 7.12. The third-order valence-corrected chi connectivity index (χ3v) is 3.97. The Morgan fingerprint density at radius 3 is 2.25 bits per heavy atom. The van der Waals surface area contributed by atoms with Crippen LogP contribution in [-0.2, 0) is 19.7 Å². The van der Waals surface area contributed by atoms with Gasteiger partial charge in [0.25, 0.3) is 0 Å². The third-order valence-electron chi connectivity index (χ3n) is 3.97. The van der Waals surface area contributed by atoms with E-state index in [-0.39, 0.29) is 30.5 Å². The zero-order chi connectivity index (χ0) is 18.3. The molecule has 0 aliphatic heterocycles. The van der Waals surface area contributed by atoms with Crippen LogP contribution < -0.4 is 5.32 Å². The topological polar surface area (TPSA) is 75.6 Å². The van der Waals surface area contributed by atoms with Gasteiger partial charge in [-0.3, -0.25) is 9.59 Å². The van der Waals surface area contributed by atoms with Gasteiger partial charge in [0.05, 0.1) is 18.6 Å². The molecule has 5 heteroatoms. The van der Waals surface area contributed by atoms with E-state index < -0.39 is 12.0 Å². The van der Waals surface area contributed by atoms with Gasteiger partial charge in [0.1, 0.15) is 6.61 Å². The molecule has 1 amide bonds. The summed E-state index contributed by atoms with van der Waals surface area (Å²) in [6.45, 7) is 10.2. The van der Waals surface area contributed by atoms with Gasteiger partial charge in [-0.25, -0.2) is 0 Å². The zero-order valence-corrected chi connectivity index (χ0v) is 15.3. The van der Waals surface area contributed by atoms with Crippen LogP contribution in [0.2, 0.25) is 0 Å². The van der Waals surface area contributed by atoms with E-state index in [4.69, 9.17) is 9.84 Å². The normalized spacial score (nSPS) is 14.0. The number of hydrogen-bond acceptors (Lipinski definition) is 3. The van der Waals surface area contributed by atoms with E-state index in [9.17, 15) is 9.59 Å². The minimum atomic E-state index is -0.956. The quantitative estimate of drug-likeness (QED) is 0.763. The van der Waals surface area contributed by atoms with Gasteiger partial charge >= 0.3 is 5.97 Å². The highest BCUT2D eigenvalue weighted by Crippen LogP contribution is 2.25. The van der Waals surface area contributed by atoms with Crippen molar-refractivity contribution >= 4 is 11.9 Å². The standard InChI is InChI=1S/C19H29NO4/c1-6-13(2)24-12-17(21)20-16(11-18(22)23)14-7-9-15(10-8-14)19(3,4)5/h7-10,13,16H,6,11-12H2,1-5H3,(H,20,21)(H,22,23). The van der Waals surface area contributed by atoms with Crippen LogP contribution in [0.25, 0.3) is 0 Å². The summed E-state index contributed by atoms with van der Waals surface area (Å²) < 4.78 is 5.40. The van der Waals surface area contributed by atoms with Crippen LogP contribution in [-0.4, -0.2) is 29.7 Å². The molecule has 24 heavy (non-hydrogen) atoms. The van der Waals surface area contributed by atoms with Crippen molar-refractivity contribution in [2.45, 2.75) is 65.0 Å². The number of carbonyl (C=O) groups is 2. The lowest BCUT2D eigenvalue weighted by Crippen LogP contribution is -2.34. The van der Waals surface area contributed by atoms with Gasteiger partial charge in [0.15, 0.2) is 0 Å². The molecule has 2 unspecified atom stereocenters. The molecule has 1 aromatic rings. The lowest BCUT2D eigenvalue weighted by atomic mass is 9.86. The summed E-state index contributed by atoms with van der Waals surface area (Å²) in [5.41, 5.74) is 1.96. The van der Waals surface area contributed by atoms with E-state index in [2.05, 4.69) is 26.1 Å². The number of aliphatic carboxylic acids is 1. The van der Waals surface area contributed by atoms with Gasteiger partial charge < -0.3 is 15.2 Å². The molecule has 5 nitrogen and oxygen atoms in total. The highest BCUT2D eigenvalue weighted by molar-refractivity contribution is 5.78. The maximum Gasteiger partial charge on any atom is 0.305 e. The number of carbonyl (C=O) groups excluding carboxylic acids is 1. The molecule has 0 aromatic heterocycles. The predicted octanol–water partition coefficient (Wildman–Crippen LogP) is 3.43. The Bertz CT molecular complexity index is 545. The Labute approximate surface area is 144 Å². The van der Waals surface area contributed by atoms with Crippen molar-refractivity contribution in [3.63, 3.8) is 0 Å². The van der Waals surface area contributed by atoms with E-state index >= 15 is 0 Å². The third kappa shape index (κ3) is 6.71. The van der Waals surface area contributed by atoms with Crippen molar-refractivity contribution in [1.82, 2.24) is 5.32 Å². The van der Waals surface area contributed by atoms with Crippen LogP contribution in [0.5, 0.6) is 0 Å². The summed E-state index contributed by atoms with van der Waals surface area (Å²) in [5, 5.41) is 11.9. The first-order valence-electron chi connectivity index (χ1n) is 8.36. The maximum absolute atomic E-state index is 12.0. The van der Waals surface area contributed by atoms with E-state index in [1.54, 1.807) is 0 Å². The second kappa shape index (κ2) is 8.83. The number of benzene rings is 1. The van der Waals surface area contributed by atoms with Crippen molar-refractivity contribution in [2.75, 3.05) is 6.61 Å². The number of rotatable bonds is 8. The molecular weight excluding hydrogens is 306 g/mol. The first kappa shape index (κ1) is 20.2. The molecule has 0 bridgehead atoms. The Balaban J connectivity index is 2.81. The molecule has 0 radical (unpaired) electrons. The van der Waals surface area contributed by atoms with Crippen LogP contribution in [0, 0.1) is 0 Å². The fourth-order valence-corrected chi connectivity index (χ4v) is 2.21. The van der Waals surface area contributed by atoms with E-state index in [1.165, 1.54) is 0 Å². The summed E-state index contributed by atoms with van der Waals surface area (Å²) in [4.78, 5) is 23.1. The summed E-state index contributed by atoms with van der Waals surface area (Å²) in [5.74, 6) is -1.26. The first-order chi connectivity index (χ1) is 11.1. The van der Waals surface area contributed by atoms with Crippen LogP contribution >= 0.6 is 0 Å². The van der Waals surface area contributed by atoms with Crippen LogP contribution in [0.15, 0.2) is 24.3 Å². The number of carboxylic acids is 1. The average molecular weight is 335 g/mol. The molecule has 1 aromatic carbocycles. The first-order valence-corrected chi connectivity index (χ1v) is 8.36. The molecule has 0 saturated carbocycles. The summed E-state index contributed by atoms with van der Waals surface area (Å²) in [6.07, 6.45) is 0.657. The van der Waals surface area contributed by atoms with Crippen molar-refractivity contribution in [3.8, 4) is 0 Å². The second-order valence-corrected chi connectivity index (χ2v) is 7.12. The Morgan fingerprint density at radius 2 is 1.79 bits per heavy atom. The fourth-order valence-electron chi connectivity index (χ4n) is 2.21. The van der Waals surface area contributed by atoms with Gasteiger partial charge in [-0.15, -0.1) is 0 Å². The molecule has 0 spiro atoms. The zero-order valence-electron chi connectivity index (χ0n) is 15.3. The highest BCUT2D eigenvalue weighted by Gasteiger charge is 2.20. The van der Waals surface area contributed by atoms with Crippen molar-refractivity contribution in [3.05, 3.63) is 35.4 Å². The average Bonchev–Trinajstić information content (AvgIpc) is 2.50. The monoisotopic (exact) mass is 335 g/mol. The van der Waals surface area contributed by atoms with Gasteiger partial charge in [-0.1, -0.05) is 52.0 Å². The predicted molar refractivity (Wildman–Crippen MR) is 94.0 cm³/mol. The molecule has 0 heterocycles. The van der Waals surface area contributed by atoms with Gasteiger partial charge in [0, 0.05) is 0 Å². The molecule has 2 N–H and O–H groups in total. The number of ether oxygens (including phenoxy) is 1. The molecule has 0 aliphatic rings. The molecule has 0 saturated heterocycles. The number of nitrogens with one attached hydrogen (secondary N) is 1. The Morgan fingerprint density at radius 1 is 1.21 bits per heavy atom. The van der Waals surface area contributed by atoms with Crippen molar-refractivity contribution in [1.29, 1.82) is 0 Å². The number of carboxylic acid groups (broad SMARTS) is 1. The van der Waals surface area contributed by atoms with Crippen LogP contribution in [0.3, 0.4) is 0 Å². The molecule has 134 valence electrons. The maximum atomic E-state index is 12.0. The molecular formula is C19H29NO4. The smallest absolute Gasteiger partial charge is 0.305 e. The summed E-state index contributed by atoms with van der Waals surface area (Å²) in [6, 6.07) is 7.15. The lowest BCUT2D eigenvalue weighted by Gasteiger charge is -2.22. The molecule has 2 atom stereocenters. The number of amides is 1. The van der Waals surface area contributed by atoms with Crippen LogP contribution in [0.4, 0.5) is 0 Å². The summed E-state index contributed by atoms with van der Waals surface area (Å²) >= 11 is 0. The lowest BCUT2D eigenvalue weighted by molar-refractivity contribution is -0.138. The van der Waals surface area contributed by atoms with Crippen molar-refractivity contribution in [2.24, 2.45) is 0 Å². The molecule has 1 rings (SSSR count). The van der Waals surface area contributed by atoms with Crippen molar-refractivity contribution < 1.29 is 19.4 Å². The van der Waals surface area contributed by atoms with Gasteiger partial charge in [-0.05, 0) is 29.9 Å². The van der Waals surface area contributed by atoms with Crippen LogP contribution in [0.1, 0.15) is 64.6 Å². The van der Waals surface area contributed by atoms with Gasteiger partial charge in [0.2, 0.25) is 5.91 Å². The molecule has 0 fully saturated rings. The minimum absolute atomic E-state index is 0.000238. The summed E-state index contributed by atoms with van der Waals surface area (Å²) in [7, 11) is 0. The van der Waals surface area contributed by atoms with Gasteiger partial charge in [-0.2, -0.15) is 0 Å². The highest BCUT2D eigenvalue weighted by atomic mass is 16.5. The minimum Gasteiger partial charge on any atom is -0.481 e. The Hall–Kier alpha value is -1.88. The SMILES string of the molecule is CCC(C)OCC(=O)NC(CC(=O)O)c1ccc(C(C)(C)C)cc1. The Kier molecular flexibility index (Phi) is 7.42. The largest absolute Gasteiger partial charge is 0.481 e. The molecule has 0 aliphatic carbocycles. The number of hydrogen-bond donors (Lipinski definition) is 2. The fraction of sp³-hybridized carbons (Fsp3) is 0.579.